The van der Waals surface area contributed by atoms with Gasteiger partial charge in [-0.3, -0.25) is 4.79 Å². The second-order valence-corrected chi connectivity index (χ2v) is 5.92. The molecule has 1 amide bonds. The zero-order chi connectivity index (χ0) is 13.1. The van der Waals surface area contributed by atoms with E-state index >= 15 is 0 Å². The highest BCUT2D eigenvalue weighted by atomic mass is 16.2. The van der Waals surface area contributed by atoms with Crippen molar-refractivity contribution in [1.29, 1.82) is 0 Å². The topological polar surface area (TPSA) is 41.1 Å². The normalized spacial score (nSPS) is 20.6. The second-order valence-electron chi connectivity index (χ2n) is 5.92. The highest BCUT2D eigenvalue weighted by molar-refractivity contribution is 5.79. The van der Waals surface area contributed by atoms with Crippen LogP contribution in [0.25, 0.3) is 0 Å². The third-order valence-corrected chi connectivity index (χ3v) is 4.33. The maximum absolute atomic E-state index is 12.1. The number of amides is 1. The summed E-state index contributed by atoms with van der Waals surface area (Å²) in [4.78, 5) is 12.1. The Morgan fingerprint density at radius 1 is 1.21 bits per heavy atom. The molecule has 3 rings (SSSR count). The summed E-state index contributed by atoms with van der Waals surface area (Å²) in [6.45, 7) is 1.44. The highest BCUT2D eigenvalue weighted by Gasteiger charge is 2.39. The van der Waals surface area contributed by atoms with Gasteiger partial charge in [-0.2, -0.15) is 0 Å². The van der Waals surface area contributed by atoms with Crippen LogP contribution in [-0.2, 0) is 10.3 Å². The molecule has 0 radical (unpaired) electrons. The molecule has 0 saturated heterocycles. The first-order valence-electron chi connectivity index (χ1n) is 7.36. The van der Waals surface area contributed by atoms with Crippen LogP contribution in [0.5, 0.6) is 0 Å². The quantitative estimate of drug-likeness (QED) is 0.821. The van der Waals surface area contributed by atoms with Gasteiger partial charge in [-0.1, -0.05) is 30.3 Å². The molecule has 0 bridgehead atoms. The maximum Gasteiger partial charge on any atom is 0.234 e. The Hall–Kier alpha value is -1.35. The van der Waals surface area contributed by atoms with Gasteiger partial charge in [0, 0.05) is 0 Å². The molecule has 1 aromatic rings. The van der Waals surface area contributed by atoms with E-state index in [1.54, 1.807) is 0 Å². The molecule has 2 aliphatic rings. The lowest BCUT2D eigenvalue weighted by Crippen LogP contribution is -2.52. The minimum atomic E-state index is -0.0976. The van der Waals surface area contributed by atoms with Gasteiger partial charge in [0.2, 0.25) is 5.91 Å². The molecule has 3 heteroatoms. The molecule has 0 aliphatic heterocycles. The molecular formula is C16H22N2O. The molecule has 2 aliphatic carbocycles. The lowest BCUT2D eigenvalue weighted by molar-refractivity contribution is -0.123. The van der Waals surface area contributed by atoms with Crippen LogP contribution in [0.4, 0.5) is 0 Å². The van der Waals surface area contributed by atoms with E-state index in [4.69, 9.17) is 0 Å². The smallest absolute Gasteiger partial charge is 0.234 e. The zero-order valence-corrected chi connectivity index (χ0v) is 11.3. The van der Waals surface area contributed by atoms with Crippen LogP contribution in [0.15, 0.2) is 30.3 Å². The minimum absolute atomic E-state index is 0.0976. The first kappa shape index (κ1) is 12.7. The second kappa shape index (κ2) is 5.33. The van der Waals surface area contributed by atoms with E-state index in [9.17, 15) is 4.79 Å². The van der Waals surface area contributed by atoms with E-state index < -0.39 is 0 Å². The summed E-state index contributed by atoms with van der Waals surface area (Å²) < 4.78 is 0. The van der Waals surface area contributed by atoms with Crippen molar-refractivity contribution in [3.63, 3.8) is 0 Å². The van der Waals surface area contributed by atoms with Crippen LogP contribution in [0, 0.1) is 5.92 Å². The lowest BCUT2D eigenvalue weighted by Gasteiger charge is -2.43. The van der Waals surface area contributed by atoms with Crippen molar-refractivity contribution in [3.8, 4) is 0 Å². The van der Waals surface area contributed by atoms with Crippen molar-refractivity contribution in [3.05, 3.63) is 35.9 Å². The molecule has 102 valence electrons. The highest BCUT2D eigenvalue weighted by Crippen LogP contribution is 2.41. The molecule has 0 unspecified atom stereocenters. The van der Waals surface area contributed by atoms with Gasteiger partial charge >= 0.3 is 0 Å². The first-order valence-corrected chi connectivity index (χ1v) is 7.36. The lowest BCUT2D eigenvalue weighted by atomic mass is 9.72. The Morgan fingerprint density at radius 3 is 2.53 bits per heavy atom. The van der Waals surface area contributed by atoms with Gasteiger partial charge in [0.25, 0.3) is 0 Å². The van der Waals surface area contributed by atoms with Crippen LogP contribution < -0.4 is 10.6 Å². The fourth-order valence-electron chi connectivity index (χ4n) is 2.80. The van der Waals surface area contributed by atoms with Crippen molar-refractivity contribution >= 4 is 5.91 Å². The Bertz CT molecular complexity index is 435. The summed E-state index contributed by atoms with van der Waals surface area (Å²) in [5.74, 6) is 0.948. The van der Waals surface area contributed by atoms with Gasteiger partial charge in [-0.25, -0.2) is 0 Å². The number of nitrogens with one attached hydrogen (secondary N) is 2. The monoisotopic (exact) mass is 258 g/mol. The third kappa shape index (κ3) is 2.98. The molecular weight excluding hydrogens is 236 g/mol. The Morgan fingerprint density at radius 2 is 1.95 bits per heavy atom. The molecule has 0 aromatic heterocycles. The molecule has 0 atom stereocenters. The zero-order valence-electron chi connectivity index (χ0n) is 11.3. The summed E-state index contributed by atoms with van der Waals surface area (Å²) in [6.07, 6.45) is 5.96. The average Bonchev–Trinajstić information content (AvgIpc) is 3.19. The number of rotatable bonds is 6. The van der Waals surface area contributed by atoms with Gasteiger partial charge in [0.1, 0.15) is 0 Å². The number of hydrogen-bond donors (Lipinski definition) is 2. The van der Waals surface area contributed by atoms with Crippen molar-refractivity contribution in [1.82, 2.24) is 10.6 Å². The summed E-state index contributed by atoms with van der Waals surface area (Å²) in [5.41, 5.74) is 1.15. The van der Waals surface area contributed by atoms with E-state index in [0.29, 0.717) is 6.54 Å². The fraction of sp³-hybridized carbons (Fsp3) is 0.562. The van der Waals surface area contributed by atoms with E-state index in [1.807, 2.05) is 18.2 Å². The maximum atomic E-state index is 12.1. The van der Waals surface area contributed by atoms with Crippen molar-refractivity contribution in [2.24, 2.45) is 5.92 Å². The van der Waals surface area contributed by atoms with Crippen molar-refractivity contribution < 1.29 is 4.79 Å². The van der Waals surface area contributed by atoms with Gasteiger partial charge in [0.15, 0.2) is 0 Å². The van der Waals surface area contributed by atoms with Crippen LogP contribution in [0.1, 0.15) is 37.7 Å². The summed E-state index contributed by atoms with van der Waals surface area (Å²) in [7, 11) is 0. The molecule has 0 spiro atoms. The Kier molecular flexibility index (Phi) is 3.56. The predicted octanol–water partition coefficient (Wildman–Crippen LogP) is 2.18. The van der Waals surface area contributed by atoms with E-state index in [0.717, 1.165) is 25.3 Å². The van der Waals surface area contributed by atoms with Gasteiger partial charge < -0.3 is 10.6 Å². The van der Waals surface area contributed by atoms with E-state index in [1.165, 1.54) is 24.8 Å². The molecule has 2 N–H and O–H groups in total. The number of benzene rings is 1. The SMILES string of the molecule is O=C(CNCC1CC1)NC1(c2ccccc2)CCC1. The van der Waals surface area contributed by atoms with Crippen LogP contribution >= 0.6 is 0 Å². The Balaban J connectivity index is 1.55. The number of hydrogen-bond acceptors (Lipinski definition) is 2. The van der Waals surface area contributed by atoms with Crippen molar-refractivity contribution in [2.75, 3.05) is 13.1 Å². The number of carbonyl (C=O) groups excluding carboxylic acids is 1. The van der Waals surface area contributed by atoms with Gasteiger partial charge in [0.05, 0.1) is 12.1 Å². The van der Waals surface area contributed by atoms with E-state index in [2.05, 4.69) is 22.8 Å². The van der Waals surface area contributed by atoms with Crippen molar-refractivity contribution in [2.45, 2.75) is 37.6 Å². The number of carbonyl (C=O) groups is 1. The fourth-order valence-corrected chi connectivity index (χ4v) is 2.80. The minimum Gasteiger partial charge on any atom is -0.345 e. The molecule has 3 nitrogen and oxygen atoms in total. The summed E-state index contributed by atoms with van der Waals surface area (Å²) in [5, 5.41) is 6.50. The average molecular weight is 258 g/mol. The van der Waals surface area contributed by atoms with Crippen LogP contribution in [0.3, 0.4) is 0 Å². The van der Waals surface area contributed by atoms with Gasteiger partial charge in [-0.15, -0.1) is 0 Å². The molecule has 2 saturated carbocycles. The largest absolute Gasteiger partial charge is 0.345 e. The molecule has 0 heterocycles. The third-order valence-electron chi connectivity index (χ3n) is 4.33. The van der Waals surface area contributed by atoms with Crippen LogP contribution in [0.2, 0.25) is 0 Å². The molecule has 1 aromatic carbocycles. The predicted molar refractivity (Wildman–Crippen MR) is 75.7 cm³/mol. The standard InChI is InChI=1S/C16H22N2O/c19-15(12-17-11-13-7-8-13)18-16(9-4-10-16)14-5-2-1-3-6-14/h1-3,5-6,13,17H,4,7-12H2,(H,18,19). The molecule has 19 heavy (non-hydrogen) atoms. The summed E-state index contributed by atoms with van der Waals surface area (Å²) in [6, 6.07) is 10.4. The van der Waals surface area contributed by atoms with Gasteiger partial charge in [-0.05, 0) is 50.1 Å². The summed E-state index contributed by atoms with van der Waals surface area (Å²) >= 11 is 0. The first-order chi connectivity index (χ1) is 9.28. The Labute approximate surface area is 114 Å². The van der Waals surface area contributed by atoms with E-state index in [-0.39, 0.29) is 11.4 Å². The molecule has 2 fully saturated rings. The van der Waals surface area contributed by atoms with Crippen LogP contribution in [-0.4, -0.2) is 19.0 Å².